The highest BCUT2D eigenvalue weighted by molar-refractivity contribution is 7.89. The zero-order valence-corrected chi connectivity index (χ0v) is 23.1. The van der Waals surface area contributed by atoms with Crippen molar-refractivity contribution in [3.63, 3.8) is 0 Å². The summed E-state index contributed by atoms with van der Waals surface area (Å²) in [6.45, 7) is 14.9. The number of halogens is 1. The van der Waals surface area contributed by atoms with Crippen molar-refractivity contribution in [3.8, 4) is 0 Å². The van der Waals surface area contributed by atoms with Crippen LogP contribution in [0.15, 0.2) is 41.3 Å². The molecule has 9 heteroatoms. The minimum Gasteiger partial charge on any atom is -0.333 e. The van der Waals surface area contributed by atoms with E-state index >= 15 is 0 Å². The van der Waals surface area contributed by atoms with Crippen LogP contribution in [0.25, 0.3) is 0 Å². The van der Waals surface area contributed by atoms with Crippen molar-refractivity contribution in [1.82, 2.24) is 19.4 Å². The van der Waals surface area contributed by atoms with Gasteiger partial charge < -0.3 is 10.2 Å². The molecule has 198 valence electrons. The summed E-state index contributed by atoms with van der Waals surface area (Å²) < 4.78 is 41.7. The maximum Gasteiger partial charge on any atom is 0.318 e. The van der Waals surface area contributed by atoms with Gasteiger partial charge in [-0.2, -0.15) is 4.31 Å². The fourth-order valence-electron chi connectivity index (χ4n) is 4.62. The van der Waals surface area contributed by atoms with Gasteiger partial charge in [-0.05, 0) is 70.4 Å². The molecule has 0 aromatic heterocycles. The molecule has 2 aromatic rings. The molecule has 0 saturated carbocycles. The molecule has 1 aliphatic heterocycles. The molecule has 1 aliphatic rings. The standard InChI is InChI=1S/C27H39FN4O3S/c1-20-17-21(2)25(22(3)18-20)36(34,35)32-15-12-30(13-16-32)11-14-31(26(33)29-27(4,5)6)19-23-7-9-24(28)10-8-23/h7-10,17-18H,11-16,19H2,1-6H3,(H,29,33). The molecule has 36 heavy (non-hydrogen) atoms. The van der Waals surface area contributed by atoms with E-state index in [-0.39, 0.29) is 17.4 Å². The maximum absolute atomic E-state index is 13.4. The van der Waals surface area contributed by atoms with Gasteiger partial charge in [0.15, 0.2) is 0 Å². The number of nitrogens with zero attached hydrogens (tertiary/aromatic N) is 3. The van der Waals surface area contributed by atoms with Crippen LogP contribution < -0.4 is 5.32 Å². The lowest BCUT2D eigenvalue weighted by Gasteiger charge is -2.36. The summed E-state index contributed by atoms with van der Waals surface area (Å²) in [7, 11) is -3.57. The summed E-state index contributed by atoms with van der Waals surface area (Å²) in [5.74, 6) is -0.312. The zero-order valence-electron chi connectivity index (χ0n) is 22.3. The fraction of sp³-hybridized carbons (Fsp3) is 0.519. The molecule has 1 fully saturated rings. The summed E-state index contributed by atoms with van der Waals surface area (Å²) in [6, 6.07) is 9.80. The Labute approximate surface area is 215 Å². The average molecular weight is 519 g/mol. The van der Waals surface area contributed by atoms with Crippen molar-refractivity contribution in [2.24, 2.45) is 0 Å². The average Bonchev–Trinajstić information content (AvgIpc) is 2.76. The quantitative estimate of drug-likeness (QED) is 0.600. The molecule has 3 rings (SSSR count). The maximum atomic E-state index is 13.4. The molecule has 1 saturated heterocycles. The second-order valence-corrected chi connectivity index (χ2v) is 12.6. The van der Waals surface area contributed by atoms with E-state index in [1.165, 1.54) is 12.1 Å². The highest BCUT2D eigenvalue weighted by Gasteiger charge is 2.31. The van der Waals surface area contributed by atoms with E-state index in [0.717, 1.165) is 22.3 Å². The third-order valence-corrected chi connectivity index (χ3v) is 8.48. The SMILES string of the molecule is Cc1cc(C)c(S(=O)(=O)N2CCN(CCN(Cc3ccc(F)cc3)C(=O)NC(C)(C)C)CC2)c(C)c1. The highest BCUT2D eigenvalue weighted by Crippen LogP contribution is 2.26. The van der Waals surface area contributed by atoms with Crippen molar-refractivity contribution in [2.45, 2.75) is 58.5 Å². The summed E-state index contributed by atoms with van der Waals surface area (Å²) in [5.41, 5.74) is 3.06. The van der Waals surface area contributed by atoms with Gasteiger partial charge in [-0.15, -0.1) is 0 Å². The first-order chi connectivity index (χ1) is 16.8. The van der Waals surface area contributed by atoms with Gasteiger partial charge in [0.05, 0.1) is 4.90 Å². The first-order valence-electron chi connectivity index (χ1n) is 12.4. The van der Waals surface area contributed by atoms with Crippen LogP contribution in [-0.2, 0) is 16.6 Å². The predicted molar refractivity (Wildman–Crippen MR) is 141 cm³/mol. The molecule has 0 atom stereocenters. The highest BCUT2D eigenvalue weighted by atomic mass is 32.2. The molecule has 7 nitrogen and oxygen atoms in total. The lowest BCUT2D eigenvalue weighted by atomic mass is 10.1. The van der Waals surface area contributed by atoms with Crippen LogP contribution in [-0.4, -0.2) is 73.4 Å². The molecule has 2 aromatic carbocycles. The molecule has 2 amide bonds. The molecule has 0 radical (unpaired) electrons. The second kappa shape index (κ2) is 11.3. The number of urea groups is 1. The number of hydrogen-bond acceptors (Lipinski definition) is 4. The van der Waals surface area contributed by atoms with E-state index < -0.39 is 10.0 Å². The van der Waals surface area contributed by atoms with Crippen LogP contribution in [0.1, 0.15) is 43.0 Å². The number of carbonyl (C=O) groups excluding carboxylic acids is 1. The van der Waals surface area contributed by atoms with Crippen molar-refractivity contribution in [1.29, 1.82) is 0 Å². The monoisotopic (exact) mass is 518 g/mol. The van der Waals surface area contributed by atoms with Gasteiger partial charge in [-0.25, -0.2) is 17.6 Å². The summed E-state index contributed by atoms with van der Waals surface area (Å²) >= 11 is 0. The van der Waals surface area contributed by atoms with Crippen molar-refractivity contribution in [3.05, 3.63) is 64.5 Å². The van der Waals surface area contributed by atoms with Crippen LogP contribution in [0.4, 0.5) is 9.18 Å². The van der Waals surface area contributed by atoms with Gasteiger partial charge in [0.1, 0.15) is 5.82 Å². The van der Waals surface area contributed by atoms with E-state index in [1.54, 1.807) is 21.3 Å². The largest absolute Gasteiger partial charge is 0.333 e. The number of nitrogens with one attached hydrogen (secondary N) is 1. The van der Waals surface area contributed by atoms with Gasteiger partial charge in [0, 0.05) is 51.4 Å². The number of piperazine rings is 1. The van der Waals surface area contributed by atoms with Gasteiger partial charge >= 0.3 is 6.03 Å². The number of hydrogen-bond donors (Lipinski definition) is 1. The minimum atomic E-state index is -3.57. The third kappa shape index (κ3) is 7.27. The fourth-order valence-corrected chi connectivity index (χ4v) is 6.45. The molecule has 0 unspecified atom stereocenters. The number of benzene rings is 2. The predicted octanol–water partition coefficient (Wildman–Crippen LogP) is 4.07. The summed E-state index contributed by atoms with van der Waals surface area (Å²) in [5, 5.41) is 3.01. The zero-order chi connectivity index (χ0) is 26.7. The second-order valence-electron chi connectivity index (χ2n) is 10.7. The molecule has 0 spiro atoms. The van der Waals surface area contributed by atoms with Gasteiger partial charge in [-0.1, -0.05) is 29.8 Å². The smallest absolute Gasteiger partial charge is 0.318 e. The molecule has 0 bridgehead atoms. The molecular weight excluding hydrogens is 479 g/mol. The van der Waals surface area contributed by atoms with Crippen LogP contribution in [0.3, 0.4) is 0 Å². The topological polar surface area (TPSA) is 73.0 Å². The van der Waals surface area contributed by atoms with Gasteiger partial charge in [0.2, 0.25) is 10.0 Å². The molecule has 1 heterocycles. The van der Waals surface area contributed by atoms with Crippen LogP contribution in [0.2, 0.25) is 0 Å². The van der Waals surface area contributed by atoms with E-state index in [0.29, 0.717) is 50.7 Å². The van der Waals surface area contributed by atoms with Crippen LogP contribution in [0, 0.1) is 26.6 Å². The Morgan fingerprint density at radius 1 is 1.00 bits per heavy atom. The number of aryl methyl sites for hydroxylation is 3. The van der Waals surface area contributed by atoms with E-state index in [2.05, 4.69) is 10.2 Å². The number of sulfonamides is 1. The van der Waals surface area contributed by atoms with E-state index in [9.17, 15) is 17.6 Å². The Bertz CT molecular complexity index is 1150. The lowest BCUT2D eigenvalue weighted by Crippen LogP contribution is -2.52. The molecule has 0 aliphatic carbocycles. The normalized spacial score (nSPS) is 15.6. The van der Waals surface area contributed by atoms with Crippen LogP contribution in [0.5, 0.6) is 0 Å². The van der Waals surface area contributed by atoms with Gasteiger partial charge in [0.25, 0.3) is 0 Å². The van der Waals surface area contributed by atoms with Crippen LogP contribution >= 0.6 is 0 Å². The first-order valence-corrected chi connectivity index (χ1v) is 13.8. The lowest BCUT2D eigenvalue weighted by molar-refractivity contribution is 0.152. The Hall–Kier alpha value is -2.49. The van der Waals surface area contributed by atoms with Gasteiger partial charge in [-0.3, -0.25) is 4.90 Å². The van der Waals surface area contributed by atoms with Crippen molar-refractivity contribution >= 4 is 16.1 Å². The molecule has 1 N–H and O–H groups in total. The van der Waals surface area contributed by atoms with Crippen molar-refractivity contribution in [2.75, 3.05) is 39.3 Å². The number of rotatable bonds is 7. The number of amides is 2. The molecular formula is C27H39FN4O3S. The summed E-state index contributed by atoms with van der Waals surface area (Å²) in [4.78, 5) is 17.3. The summed E-state index contributed by atoms with van der Waals surface area (Å²) in [6.07, 6.45) is 0. The van der Waals surface area contributed by atoms with Crippen molar-refractivity contribution < 1.29 is 17.6 Å². The Morgan fingerprint density at radius 2 is 1.56 bits per heavy atom. The Balaban J connectivity index is 1.63. The van der Waals surface area contributed by atoms with E-state index in [4.69, 9.17) is 0 Å². The van der Waals surface area contributed by atoms with E-state index in [1.807, 2.05) is 53.7 Å². The number of carbonyl (C=O) groups is 1. The third-order valence-electron chi connectivity index (χ3n) is 6.28. The minimum absolute atomic E-state index is 0.182. The first kappa shape index (κ1) is 28.1. The Kier molecular flexibility index (Phi) is 8.80. The Morgan fingerprint density at radius 3 is 2.08 bits per heavy atom.